The van der Waals surface area contributed by atoms with E-state index in [0.29, 0.717) is 6.54 Å². The first-order valence-corrected chi connectivity index (χ1v) is 6.27. The predicted octanol–water partition coefficient (Wildman–Crippen LogP) is 2.22. The normalized spacial score (nSPS) is 10.8. The van der Waals surface area contributed by atoms with E-state index in [1.54, 1.807) is 6.20 Å². The molecule has 0 fully saturated rings. The van der Waals surface area contributed by atoms with Crippen LogP contribution in [0.4, 0.5) is 8.78 Å². The summed E-state index contributed by atoms with van der Waals surface area (Å²) in [6.07, 6.45) is 3.77. The SMILES string of the molecule is CCCn1ccn(CC(=O)c2c(F)cccc2F)c1=O. The van der Waals surface area contributed by atoms with Crippen LogP contribution in [0.3, 0.4) is 0 Å². The van der Waals surface area contributed by atoms with Crippen LogP contribution in [0.1, 0.15) is 23.7 Å². The van der Waals surface area contributed by atoms with E-state index in [2.05, 4.69) is 0 Å². The van der Waals surface area contributed by atoms with E-state index < -0.39 is 23.0 Å². The molecule has 0 bridgehead atoms. The van der Waals surface area contributed by atoms with Crippen molar-refractivity contribution < 1.29 is 13.6 Å². The van der Waals surface area contributed by atoms with E-state index in [-0.39, 0.29) is 12.2 Å². The summed E-state index contributed by atoms with van der Waals surface area (Å²) in [5, 5.41) is 0. The molecule has 0 radical (unpaired) electrons. The molecule has 2 rings (SSSR count). The number of carbonyl (C=O) groups excluding carboxylic acids is 1. The van der Waals surface area contributed by atoms with E-state index in [1.165, 1.54) is 16.8 Å². The molecule has 2 aromatic rings. The Balaban J connectivity index is 2.27. The zero-order valence-electron chi connectivity index (χ0n) is 11.0. The molecular weight excluding hydrogens is 266 g/mol. The van der Waals surface area contributed by atoms with Gasteiger partial charge in [-0.3, -0.25) is 13.9 Å². The lowest BCUT2D eigenvalue weighted by Gasteiger charge is -2.04. The fourth-order valence-electron chi connectivity index (χ4n) is 1.98. The third-order valence-electron chi connectivity index (χ3n) is 2.94. The summed E-state index contributed by atoms with van der Waals surface area (Å²) in [7, 11) is 0. The highest BCUT2D eigenvalue weighted by Crippen LogP contribution is 2.13. The van der Waals surface area contributed by atoms with Crippen molar-refractivity contribution in [1.82, 2.24) is 9.13 Å². The Labute approximate surface area is 114 Å². The highest BCUT2D eigenvalue weighted by atomic mass is 19.1. The Morgan fingerprint density at radius 2 is 1.75 bits per heavy atom. The molecule has 0 amide bonds. The maximum absolute atomic E-state index is 13.5. The van der Waals surface area contributed by atoms with Gasteiger partial charge >= 0.3 is 5.69 Å². The van der Waals surface area contributed by atoms with Crippen molar-refractivity contribution in [3.8, 4) is 0 Å². The van der Waals surface area contributed by atoms with Gasteiger partial charge in [0.25, 0.3) is 0 Å². The van der Waals surface area contributed by atoms with Crippen molar-refractivity contribution in [2.75, 3.05) is 0 Å². The van der Waals surface area contributed by atoms with Gasteiger partial charge in [-0.15, -0.1) is 0 Å². The van der Waals surface area contributed by atoms with Crippen LogP contribution in [0.15, 0.2) is 35.4 Å². The number of halogens is 2. The number of Topliss-reactive ketones (excluding diaryl/α,β-unsaturated/α-hetero) is 1. The first-order chi connectivity index (χ1) is 9.54. The van der Waals surface area contributed by atoms with Crippen LogP contribution in [0.5, 0.6) is 0 Å². The van der Waals surface area contributed by atoms with Gasteiger partial charge < -0.3 is 0 Å². The second-order valence-electron chi connectivity index (χ2n) is 4.42. The monoisotopic (exact) mass is 280 g/mol. The zero-order valence-corrected chi connectivity index (χ0v) is 11.0. The zero-order chi connectivity index (χ0) is 14.7. The lowest BCUT2D eigenvalue weighted by molar-refractivity contribution is 0.0962. The van der Waals surface area contributed by atoms with Gasteiger partial charge in [0, 0.05) is 18.9 Å². The molecule has 1 heterocycles. The summed E-state index contributed by atoms with van der Waals surface area (Å²) in [6, 6.07) is 3.22. The highest BCUT2D eigenvalue weighted by molar-refractivity contribution is 5.96. The summed E-state index contributed by atoms with van der Waals surface area (Å²) >= 11 is 0. The van der Waals surface area contributed by atoms with Gasteiger partial charge in [0.05, 0.1) is 12.1 Å². The fourth-order valence-corrected chi connectivity index (χ4v) is 1.98. The van der Waals surface area contributed by atoms with Gasteiger partial charge in [-0.25, -0.2) is 13.6 Å². The molecule has 1 aromatic heterocycles. The number of hydrogen-bond donors (Lipinski definition) is 0. The number of nitrogens with zero attached hydrogens (tertiary/aromatic N) is 2. The Bertz CT molecular complexity index is 668. The van der Waals surface area contributed by atoms with Crippen LogP contribution < -0.4 is 5.69 Å². The molecule has 0 aliphatic carbocycles. The maximum Gasteiger partial charge on any atom is 0.328 e. The predicted molar refractivity (Wildman–Crippen MR) is 69.7 cm³/mol. The topological polar surface area (TPSA) is 44.0 Å². The van der Waals surface area contributed by atoms with Crippen molar-refractivity contribution in [1.29, 1.82) is 0 Å². The molecule has 4 nitrogen and oxygen atoms in total. The minimum Gasteiger partial charge on any atom is -0.299 e. The van der Waals surface area contributed by atoms with Crippen molar-refractivity contribution in [2.24, 2.45) is 0 Å². The molecule has 6 heteroatoms. The van der Waals surface area contributed by atoms with Gasteiger partial charge in [0.15, 0.2) is 5.78 Å². The van der Waals surface area contributed by atoms with Gasteiger partial charge in [-0.05, 0) is 18.6 Å². The Morgan fingerprint density at radius 3 is 2.35 bits per heavy atom. The quantitative estimate of drug-likeness (QED) is 0.788. The smallest absolute Gasteiger partial charge is 0.299 e. The van der Waals surface area contributed by atoms with Gasteiger partial charge in [0.2, 0.25) is 0 Å². The van der Waals surface area contributed by atoms with Crippen LogP contribution in [0, 0.1) is 11.6 Å². The van der Waals surface area contributed by atoms with Crippen molar-refractivity contribution in [3.05, 3.63) is 58.3 Å². The number of imidazole rings is 1. The Kier molecular flexibility index (Phi) is 4.12. The summed E-state index contributed by atoms with van der Waals surface area (Å²) in [5.41, 5.74) is -0.973. The Morgan fingerprint density at radius 1 is 1.15 bits per heavy atom. The third-order valence-corrected chi connectivity index (χ3v) is 2.94. The molecule has 0 saturated heterocycles. The van der Waals surface area contributed by atoms with Crippen LogP contribution in [-0.2, 0) is 13.1 Å². The lowest BCUT2D eigenvalue weighted by Crippen LogP contribution is -2.27. The second kappa shape index (κ2) is 5.81. The minimum absolute atomic E-state index is 0.364. The summed E-state index contributed by atoms with van der Waals surface area (Å²) < 4.78 is 29.5. The van der Waals surface area contributed by atoms with Gasteiger partial charge in [-0.1, -0.05) is 13.0 Å². The van der Waals surface area contributed by atoms with E-state index in [1.807, 2.05) is 6.92 Å². The van der Waals surface area contributed by atoms with E-state index in [4.69, 9.17) is 0 Å². The first kappa shape index (κ1) is 14.2. The lowest BCUT2D eigenvalue weighted by atomic mass is 10.1. The molecule has 0 spiro atoms. The molecule has 1 aromatic carbocycles. The molecule has 0 N–H and O–H groups in total. The molecule has 20 heavy (non-hydrogen) atoms. The van der Waals surface area contributed by atoms with E-state index in [9.17, 15) is 18.4 Å². The number of carbonyl (C=O) groups is 1. The average Bonchev–Trinajstić information content (AvgIpc) is 2.72. The van der Waals surface area contributed by atoms with Crippen LogP contribution >= 0.6 is 0 Å². The fraction of sp³-hybridized carbons (Fsp3) is 0.286. The van der Waals surface area contributed by atoms with Crippen LogP contribution in [0.25, 0.3) is 0 Å². The van der Waals surface area contributed by atoms with Crippen LogP contribution in [0.2, 0.25) is 0 Å². The summed E-state index contributed by atoms with van der Waals surface area (Å²) in [6.45, 7) is 2.07. The number of hydrogen-bond acceptors (Lipinski definition) is 2. The largest absolute Gasteiger partial charge is 0.328 e. The number of aromatic nitrogens is 2. The van der Waals surface area contributed by atoms with Crippen LogP contribution in [-0.4, -0.2) is 14.9 Å². The van der Waals surface area contributed by atoms with Crippen molar-refractivity contribution >= 4 is 5.78 Å². The maximum atomic E-state index is 13.5. The van der Waals surface area contributed by atoms with Gasteiger partial charge in [-0.2, -0.15) is 0 Å². The number of rotatable bonds is 5. The average molecular weight is 280 g/mol. The number of ketones is 1. The standard InChI is InChI=1S/C14H14F2N2O2/c1-2-6-17-7-8-18(14(17)20)9-12(19)13-10(15)4-3-5-11(13)16/h3-5,7-8H,2,6,9H2,1H3. The number of benzene rings is 1. The van der Waals surface area contributed by atoms with Gasteiger partial charge in [0.1, 0.15) is 11.6 Å². The molecular formula is C14H14F2N2O2. The summed E-state index contributed by atoms with van der Waals surface area (Å²) in [5.74, 6) is -2.61. The highest BCUT2D eigenvalue weighted by Gasteiger charge is 2.18. The van der Waals surface area contributed by atoms with Crippen molar-refractivity contribution in [3.63, 3.8) is 0 Å². The molecule has 0 unspecified atom stereocenters. The Hall–Kier alpha value is -2.24. The molecule has 106 valence electrons. The van der Waals surface area contributed by atoms with E-state index in [0.717, 1.165) is 23.1 Å². The molecule has 0 saturated carbocycles. The minimum atomic E-state index is -0.920. The molecule has 0 atom stereocenters. The molecule has 0 aliphatic rings. The molecule has 0 aliphatic heterocycles. The van der Waals surface area contributed by atoms with Crippen molar-refractivity contribution in [2.45, 2.75) is 26.4 Å². The van der Waals surface area contributed by atoms with E-state index >= 15 is 0 Å². The third kappa shape index (κ3) is 2.68. The number of aryl methyl sites for hydroxylation is 1. The summed E-state index contributed by atoms with van der Waals surface area (Å²) in [4.78, 5) is 23.8. The first-order valence-electron chi connectivity index (χ1n) is 6.27. The second-order valence-corrected chi connectivity index (χ2v) is 4.42.